The average molecular weight is 323 g/mol. The van der Waals surface area contributed by atoms with E-state index < -0.39 is 6.16 Å². The highest BCUT2D eigenvalue weighted by atomic mass is 35.5. The zero-order valence-electron chi connectivity index (χ0n) is 14.0. The van der Waals surface area contributed by atoms with Gasteiger partial charge in [-0.05, 0) is 0 Å². The standard InChI is InChI=1S/C16H34.CHClO3/c1-3-5-7-9-11-13-15-16-14-12-10-8-6-4-2;2-5-1(3)4/h3-16H2,1-2H3;(H,3,4). The summed E-state index contributed by atoms with van der Waals surface area (Å²) in [7, 11) is 0. The third-order valence-electron chi connectivity index (χ3n) is 3.52. The van der Waals surface area contributed by atoms with Crippen molar-refractivity contribution in [3.8, 4) is 0 Å². The van der Waals surface area contributed by atoms with Crippen LogP contribution in [-0.2, 0) is 4.29 Å². The summed E-state index contributed by atoms with van der Waals surface area (Å²) < 4.78 is 3.14. The van der Waals surface area contributed by atoms with Gasteiger partial charge in [0.2, 0.25) is 0 Å². The Kier molecular flexibility index (Phi) is 23.8. The Hall–Kier alpha value is -0.440. The Labute approximate surface area is 136 Å². The van der Waals surface area contributed by atoms with E-state index in [1.807, 2.05) is 0 Å². The molecule has 128 valence electrons. The Morgan fingerprint density at radius 3 is 1.05 bits per heavy atom. The van der Waals surface area contributed by atoms with Crippen molar-refractivity contribution in [3.63, 3.8) is 0 Å². The molecule has 1 N–H and O–H groups in total. The molecule has 0 unspecified atom stereocenters. The molecule has 0 aliphatic rings. The van der Waals surface area contributed by atoms with E-state index in [0.29, 0.717) is 0 Å². The molecule has 0 heterocycles. The summed E-state index contributed by atoms with van der Waals surface area (Å²) in [4.78, 5) is 9.01. The van der Waals surface area contributed by atoms with E-state index in [1.165, 1.54) is 89.9 Å². The number of hydrogen-bond donors (Lipinski definition) is 1. The molecule has 0 aliphatic carbocycles. The third kappa shape index (κ3) is 28.5. The molecule has 0 aromatic carbocycles. The predicted octanol–water partition coefficient (Wildman–Crippen LogP) is 7.32. The van der Waals surface area contributed by atoms with Crippen molar-refractivity contribution in [1.82, 2.24) is 0 Å². The van der Waals surface area contributed by atoms with E-state index in [9.17, 15) is 0 Å². The van der Waals surface area contributed by atoms with Crippen LogP contribution in [0.3, 0.4) is 0 Å². The first-order valence-electron chi connectivity index (χ1n) is 8.70. The second kappa shape index (κ2) is 21.9. The molecule has 0 bridgehead atoms. The second-order valence-electron chi connectivity index (χ2n) is 5.59. The molecule has 21 heavy (non-hydrogen) atoms. The van der Waals surface area contributed by atoms with Gasteiger partial charge in [-0.1, -0.05) is 104 Å². The van der Waals surface area contributed by atoms with Crippen molar-refractivity contribution in [1.29, 1.82) is 0 Å². The fourth-order valence-corrected chi connectivity index (χ4v) is 2.27. The molecule has 3 nitrogen and oxygen atoms in total. The van der Waals surface area contributed by atoms with Crippen molar-refractivity contribution < 1.29 is 14.2 Å². The molecule has 0 saturated heterocycles. The monoisotopic (exact) mass is 322 g/mol. The number of halogens is 1. The Morgan fingerprint density at radius 1 is 0.714 bits per heavy atom. The van der Waals surface area contributed by atoms with E-state index in [0.717, 1.165) is 0 Å². The smallest absolute Gasteiger partial charge is 0.449 e. The maximum absolute atomic E-state index is 9.01. The molecule has 0 aromatic rings. The van der Waals surface area contributed by atoms with E-state index in [1.54, 1.807) is 0 Å². The summed E-state index contributed by atoms with van der Waals surface area (Å²) in [5.41, 5.74) is 0. The molecule has 0 radical (unpaired) electrons. The summed E-state index contributed by atoms with van der Waals surface area (Å²) >= 11 is 4.24. The summed E-state index contributed by atoms with van der Waals surface area (Å²) in [6.45, 7) is 4.58. The number of carboxylic acid groups (broad SMARTS) is 1. The van der Waals surface area contributed by atoms with Gasteiger partial charge in [0.05, 0.1) is 0 Å². The predicted molar refractivity (Wildman–Crippen MR) is 90.9 cm³/mol. The molecular weight excluding hydrogens is 288 g/mol. The lowest BCUT2D eigenvalue weighted by Crippen LogP contribution is -1.85. The zero-order chi connectivity index (χ0) is 16.2. The highest BCUT2D eigenvalue weighted by molar-refractivity contribution is 6.12. The number of unbranched alkanes of at least 4 members (excludes halogenated alkanes) is 13. The topological polar surface area (TPSA) is 46.5 Å². The highest BCUT2D eigenvalue weighted by Gasteiger charge is 1.92. The fraction of sp³-hybridized carbons (Fsp3) is 0.941. The van der Waals surface area contributed by atoms with Crippen molar-refractivity contribution in [2.24, 2.45) is 0 Å². The minimum Gasteiger partial charge on any atom is -0.449 e. The molecule has 4 heteroatoms. The highest BCUT2D eigenvalue weighted by Crippen LogP contribution is 2.12. The van der Waals surface area contributed by atoms with Crippen LogP contribution >= 0.6 is 11.9 Å². The maximum Gasteiger partial charge on any atom is 0.524 e. The minimum atomic E-state index is -1.48. The van der Waals surface area contributed by atoms with Crippen LogP contribution < -0.4 is 0 Å². The lowest BCUT2D eigenvalue weighted by Gasteiger charge is -2.02. The summed E-state index contributed by atoms with van der Waals surface area (Å²) in [6, 6.07) is 0. The number of hydrogen-bond acceptors (Lipinski definition) is 2. The fourth-order valence-electron chi connectivity index (χ4n) is 2.27. The number of carbonyl (C=O) groups is 1. The van der Waals surface area contributed by atoms with Crippen LogP contribution in [-0.4, -0.2) is 11.3 Å². The molecule has 0 aromatic heterocycles. The first-order chi connectivity index (χ1) is 10.2. The molecule has 0 rings (SSSR count). The summed E-state index contributed by atoms with van der Waals surface area (Å²) in [5.74, 6) is 0. The quantitative estimate of drug-likeness (QED) is 0.361. The van der Waals surface area contributed by atoms with Crippen molar-refractivity contribution >= 4 is 18.0 Å². The van der Waals surface area contributed by atoms with Crippen LogP contribution in [0.25, 0.3) is 0 Å². The summed E-state index contributed by atoms with van der Waals surface area (Å²) in [6.07, 6.45) is 18.9. The van der Waals surface area contributed by atoms with Gasteiger partial charge in [-0.2, -0.15) is 0 Å². The molecule has 0 aliphatic heterocycles. The van der Waals surface area contributed by atoms with Gasteiger partial charge in [0.25, 0.3) is 0 Å². The van der Waals surface area contributed by atoms with Crippen LogP contribution in [0, 0.1) is 0 Å². The van der Waals surface area contributed by atoms with Gasteiger partial charge in [-0.25, -0.2) is 4.79 Å². The lowest BCUT2D eigenvalue weighted by atomic mass is 10.0. The Morgan fingerprint density at radius 2 is 0.905 bits per heavy atom. The van der Waals surface area contributed by atoms with E-state index in [2.05, 4.69) is 30.0 Å². The van der Waals surface area contributed by atoms with Crippen LogP contribution in [0.2, 0.25) is 0 Å². The minimum absolute atomic E-state index is 1.37. The first-order valence-corrected chi connectivity index (χ1v) is 9.01. The lowest BCUT2D eigenvalue weighted by molar-refractivity contribution is 0.149. The Balaban J connectivity index is 0. The van der Waals surface area contributed by atoms with Crippen LogP contribution in [0.5, 0.6) is 0 Å². The van der Waals surface area contributed by atoms with Crippen molar-refractivity contribution in [2.45, 2.75) is 104 Å². The normalized spacial score (nSPS) is 9.86. The van der Waals surface area contributed by atoms with Gasteiger partial charge >= 0.3 is 6.16 Å². The third-order valence-corrected chi connectivity index (χ3v) is 3.66. The van der Waals surface area contributed by atoms with Gasteiger partial charge in [0, 0.05) is 0 Å². The Bertz CT molecular complexity index is 184. The van der Waals surface area contributed by atoms with E-state index in [4.69, 9.17) is 9.90 Å². The van der Waals surface area contributed by atoms with Crippen LogP contribution in [0.1, 0.15) is 104 Å². The molecular formula is C17H35ClO3. The maximum atomic E-state index is 9.01. The molecule has 0 spiro atoms. The van der Waals surface area contributed by atoms with Gasteiger partial charge in [-0.15, -0.1) is 0 Å². The molecule has 0 amide bonds. The summed E-state index contributed by atoms with van der Waals surface area (Å²) in [5, 5.41) is 7.37. The van der Waals surface area contributed by atoms with Gasteiger partial charge in [0.15, 0.2) is 0 Å². The van der Waals surface area contributed by atoms with Gasteiger partial charge < -0.3 is 9.40 Å². The van der Waals surface area contributed by atoms with Crippen LogP contribution in [0.4, 0.5) is 4.79 Å². The SMILES string of the molecule is CCCCCCCCCCCCCCCC.O=C(O)OCl. The largest absolute Gasteiger partial charge is 0.524 e. The van der Waals surface area contributed by atoms with Crippen molar-refractivity contribution in [2.75, 3.05) is 0 Å². The molecule has 0 atom stereocenters. The molecule has 0 saturated carbocycles. The first kappa shape index (κ1) is 22.8. The zero-order valence-corrected chi connectivity index (χ0v) is 14.8. The van der Waals surface area contributed by atoms with Gasteiger partial charge in [0.1, 0.15) is 11.9 Å². The molecule has 0 fully saturated rings. The average Bonchev–Trinajstić information content (AvgIpc) is 2.49. The second-order valence-corrected chi connectivity index (χ2v) is 5.74. The van der Waals surface area contributed by atoms with E-state index in [-0.39, 0.29) is 0 Å². The number of rotatable bonds is 13. The van der Waals surface area contributed by atoms with Crippen molar-refractivity contribution in [3.05, 3.63) is 0 Å². The van der Waals surface area contributed by atoms with Gasteiger partial charge in [-0.3, -0.25) is 0 Å². The van der Waals surface area contributed by atoms with E-state index >= 15 is 0 Å². The van der Waals surface area contributed by atoms with Crippen LogP contribution in [0.15, 0.2) is 0 Å².